The lowest BCUT2D eigenvalue weighted by atomic mass is 10.1. The van der Waals surface area contributed by atoms with Gasteiger partial charge < -0.3 is 19.7 Å². The second-order valence-corrected chi connectivity index (χ2v) is 7.96. The zero-order chi connectivity index (χ0) is 22.3. The van der Waals surface area contributed by atoms with Gasteiger partial charge in [-0.25, -0.2) is 14.8 Å². The van der Waals surface area contributed by atoms with E-state index in [-0.39, 0.29) is 0 Å². The summed E-state index contributed by atoms with van der Waals surface area (Å²) in [6.45, 7) is 6.25. The number of methoxy groups -OCH3 is 1. The third kappa shape index (κ3) is 5.19. The number of pyridine rings is 1. The zero-order valence-corrected chi connectivity index (χ0v) is 18.8. The monoisotopic (exact) mass is 437 g/mol. The van der Waals surface area contributed by atoms with Crippen LogP contribution >= 0.6 is 0 Å². The molecule has 3 heterocycles. The van der Waals surface area contributed by atoms with Crippen molar-refractivity contribution in [2.24, 2.45) is 0 Å². The van der Waals surface area contributed by atoms with E-state index >= 15 is 0 Å². The summed E-state index contributed by atoms with van der Waals surface area (Å²) in [5.41, 5.74) is 2.63. The molecule has 1 aliphatic heterocycles. The first-order valence-corrected chi connectivity index (χ1v) is 11.4. The van der Waals surface area contributed by atoms with Gasteiger partial charge in [0.1, 0.15) is 11.3 Å². The van der Waals surface area contributed by atoms with E-state index in [9.17, 15) is 4.79 Å². The van der Waals surface area contributed by atoms with Gasteiger partial charge in [-0.15, -0.1) is 0 Å². The van der Waals surface area contributed by atoms with Crippen LogP contribution in [0.15, 0.2) is 36.4 Å². The first-order chi connectivity index (χ1) is 15.7. The van der Waals surface area contributed by atoms with Crippen molar-refractivity contribution in [1.29, 1.82) is 0 Å². The minimum atomic E-state index is -0.417. The van der Waals surface area contributed by atoms with Crippen LogP contribution in [0.4, 0.5) is 11.6 Å². The fraction of sp³-hybridized carbons (Fsp3) is 0.458. The molecule has 1 saturated heterocycles. The molecule has 0 atom stereocenters. The number of ether oxygens (including phenoxy) is 2. The van der Waals surface area contributed by atoms with E-state index in [1.807, 2.05) is 30.3 Å². The predicted octanol–water partition coefficient (Wildman–Crippen LogP) is 4.24. The topological polar surface area (TPSA) is 81.5 Å². The highest BCUT2D eigenvalue weighted by Crippen LogP contribution is 2.24. The van der Waals surface area contributed by atoms with Crippen molar-refractivity contribution in [3.63, 3.8) is 0 Å². The van der Waals surface area contributed by atoms with Gasteiger partial charge in [0.05, 0.1) is 13.7 Å². The van der Waals surface area contributed by atoms with E-state index in [4.69, 9.17) is 14.5 Å². The molecule has 8 nitrogen and oxygen atoms in total. The van der Waals surface area contributed by atoms with Gasteiger partial charge in [0, 0.05) is 12.2 Å². The average Bonchev–Trinajstić information content (AvgIpc) is 3.16. The van der Waals surface area contributed by atoms with Crippen molar-refractivity contribution >= 4 is 28.8 Å². The molecule has 4 rings (SSSR count). The fourth-order valence-electron chi connectivity index (χ4n) is 4.07. The number of carbonyl (C=O) groups is 1. The molecule has 8 heteroatoms. The maximum absolute atomic E-state index is 12.2. The van der Waals surface area contributed by atoms with Crippen molar-refractivity contribution in [3.8, 4) is 5.75 Å². The number of anilines is 2. The third-order valence-electron chi connectivity index (χ3n) is 5.73. The van der Waals surface area contributed by atoms with Gasteiger partial charge in [0.2, 0.25) is 5.95 Å². The second kappa shape index (κ2) is 10.5. The molecular weight excluding hydrogens is 406 g/mol. The molecule has 1 N–H and O–H groups in total. The number of hydrogen-bond donors (Lipinski definition) is 1. The maximum Gasteiger partial charge on any atom is 0.357 e. The lowest BCUT2D eigenvalue weighted by Crippen LogP contribution is -2.31. The molecule has 0 amide bonds. The van der Waals surface area contributed by atoms with Crippen molar-refractivity contribution < 1.29 is 14.3 Å². The lowest BCUT2D eigenvalue weighted by Gasteiger charge is -2.26. The Bertz CT molecular complexity index is 1040. The number of aromatic nitrogens is 3. The van der Waals surface area contributed by atoms with Crippen molar-refractivity contribution in [2.45, 2.75) is 39.2 Å². The molecule has 1 fully saturated rings. The van der Waals surface area contributed by atoms with Gasteiger partial charge in [-0.3, -0.25) is 4.57 Å². The van der Waals surface area contributed by atoms with Crippen LogP contribution in [-0.2, 0) is 11.3 Å². The Labute approximate surface area is 188 Å². The Kier molecular flexibility index (Phi) is 7.21. The van der Waals surface area contributed by atoms with Gasteiger partial charge in [0.15, 0.2) is 11.3 Å². The van der Waals surface area contributed by atoms with Gasteiger partial charge in [-0.1, -0.05) is 6.42 Å². The van der Waals surface area contributed by atoms with Crippen LogP contribution in [0, 0.1) is 0 Å². The summed E-state index contributed by atoms with van der Waals surface area (Å²) in [6, 6.07) is 11.2. The van der Waals surface area contributed by atoms with Gasteiger partial charge >= 0.3 is 5.97 Å². The summed E-state index contributed by atoms with van der Waals surface area (Å²) in [4.78, 5) is 24.1. The summed E-state index contributed by atoms with van der Waals surface area (Å²) >= 11 is 0. The molecule has 170 valence electrons. The Hall–Kier alpha value is -3.13. The molecule has 0 saturated carbocycles. The van der Waals surface area contributed by atoms with E-state index in [2.05, 4.69) is 19.8 Å². The molecule has 1 aromatic carbocycles. The second-order valence-electron chi connectivity index (χ2n) is 7.96. The summed E-state index contributed by atoms with van der Waals surface area (Å²) in [5, 5.41) is 3.40. The van der Waals surface area contributed by atoms with E-state index in [0.29, 0.717) is 23.9 Å². The highest BCUT2D eigenvalue weighted by Gasteiger charge is 2.17. The first kappa shape index (κ1) is 22.1. The largest absolute Gasteiger partial charge is 0.497 e. The molecule has 0 aliphatic carbocycles. The van der Waals surface area contributed by atoms with Gasteiger partial charge in [-0.05, 0) is 82.2 Å². The molecule has 0 spiro atoms. The van der Waals surface area contributed by atoms with Crippen molar-refractivity contribution in [2.75, 3.05) is 38.7 Å². The zero-order valence-electron chi connectivity index (χ0n) is 18.8. The third-order valence-corrected chi connectivity index (χ3v) is 5.73. The number of aryl methyl sites for hydroxylation is 1. The molecule has 1 aliphatic rings. The van der Waals surface area contributed by atoms with Crippen LogP contribution < -0.4 is 10.1 Å². The maximum atomic E-state index is 12.2. The van der Waals surface area contributed by atoms with Crippen LogP contribution in [0.2, 0.25) is 0 Å². The number of nitrogens with zero attached hydrogens (tertiary/aromatic N) is 4. The van der Waals surface area contributed by atoms with E-state index in [1.165, 1.54) is 32.4 Å². The number of rotatable bonds is 9. The summed E-state index contributed by atoms with van der Waals surface area (Å²) < 4.78 is 12.4. The lowest BCUT2D eigenvalue weighted by molar-refractivity contribution is 0.0520. The normalized spacial score (nSPS) is 14.4. The number of imidazole rings is 1. The molecule has 0 unspecified atom stereocenters. The van der Waals surface area contributed by atoms with Gasteiger partial charge in [0.25, 0.3) is 0 Å². The number of nitrogens with one attached hydrogen (secondary N) is 1. The van der Waals surface area contributed by atoms with Crippen LogP contribution in [0.3, 0.4) is 0 Å². The number of esters is 1. The van der Waals surface area contributed by atoms with E-state index < -0.39 is 5.97 Å². The molecular formula is C24H31N5O3. The minimum Gasteiger partial charge on any atom is -0.497 e. The predicted molar refractivity (Wildman–Crippen MR) is 125 cm³/mol. The highest BCUT2D eigenvalue weighted by atomic mass is 16.5. The fourth-order valence-corrected chi connectivity index (χ4v) is 4.07. The molecule has 0 bridgehead atoms. The van der Waals surface area contributed by atoms with E-state index in [1.54, 1.807) is 20.1 Å². The number of fused-ring (bicyclic) bond motifs is 1. The van der Waals surface area contributed by atoms with Gasteiger partial charge in [-0.2, -0.15) is 0 Å². The summed E-state index contributed by atoms with van der Waals surface area (Å²) in [7, 11) is 1.65. The Morgan fingerprint density at radius 1 is 1.03 bits per heavy atom. The van der Waals surface area contributed by atoms with Crippen LogP contribution in [0.5, 0.6) is 5.75 Å². The number of likely N-dealkylation sites (tertiary alicyclic amines) is 1. The number of hydrogen-bond acceptors (Lipinski definition) is 7. The molecule has 2 aromatic heterocycles. The van der Waals surface area contributed by atoms with Crippen LogP contribution in [-0.4, -0.2) is 58.8 Å². The standard InChI is InChI=1S/C24H31N5O3/c1-3-32-23(30)21-13-12-20-22(26-21)29(17-7-16-28-14-5-4-6-15-28)24(27-20)25-18-8-10-19(31-2)11-9-18/h8-13H,3-7,14-17H2,1-2H3,(H,25,27). The summed E-state index contributed by atoms with van der Waals surface area (Å²) in [6.07, 6.45) is 4.87. The Balaban J connectivity index is 1.60. The quantitative estimate of drug-likeness (QED) is 0.502. The van der Waals surface area contributed by atoms with Crippen LogP contribution in [0.25, 0.3) is 11.2 Å². The molecule has 32 heavy (non-hydrogen) atoms. The molecule has 0 radical (unpaired) electrons. The minimum absolute atomic E-state index is 0.299. The number of piperidine rings is 1. The Morgan fingerprint density at radius 3 is 2.53 bits per heavy atom. The van der Waals surface area contributed by atoms with Crippen LogP contribution in [0.1, 0.15) is 43.1 Å². The number of carbonyl (C=O) groups excluding carboxylic acids is 1. The Morgan fingerprint density at radius 2 is 1.81 bits per heavy atom. The van der Waals surface area contributed by atoms with Crippen molar-refractivity contribution in [1.82, 2.24) is 19.4 Å². The first-order valence-electron chi connectivity index (χ1n) is 11.4. The highest BCUT2D eigenvalue weighted by molar-refractivity contribution is 5.90. The summed E-state index contributed by atoms with van der Waals surface area (Å²) in [5.74, 6) is 1.09. The van der Waals surface area contributed by atoms with E-state index in [0.717, 1.165) is 36.5 Å². The van der Waals surface area contributed by atoms with Crippen molar-refractivity contribution in [3.05, 3.63) is 42.1 Å². The molecule has 3 aromatic rings. The average molecular weight is 438 g/mol. The smallest absolute Gasteiger partial charge is 0.357 e. The number of benzene rings is 1. The SMILES string of the molecule is CCOC(=O)c1ccc2nc(Nc3ccc(OC)cc3)n(CCCN3CCCCC3)c2n1.